The number of nitriles is 1. The molecule has 0 radical (unpaired) electrons. The number of ether oxygens (including phenoxy) is 1. The molecule has 32 heavy (non-hydrogen) atoms. The molecule has 0 saturated heterocycles. The van der Waals surface area contributed by atoms with Crippen LogP contribution in [0.3, 0.4) is 0 Å². The van der Waals surface area contributed by atoms with Crippen molar-refractivity contribution in [1.29, 1.82) is 5.26 Å². The summed E-state index contributed by atoms with van der Waals surface area (Å²) in [5, 5.41) is 8.98. The Balaban J connectivity index is 1.63. The van der Waals surface area contributed by atoms with Crippen LogP contribution >= 0.6 is 0 Å². The minimum Gasteiger partial charge on any atom is -0.360 e. The lowest BCUT2D eigenvalue weighted by molar-refractivity contribution is -0.154. The predicted molar refractivity (Wildman–Crippen MR) is 122 cm³/mol. The molecule has 1 unspecified atom stereocenters. The zero-order chi connectivity index (χ0) is 23.1. The van der Waals surface area contributed by atoms with Crippen molar-refractivity contribution in [3.63, 3.8) is 0 Å². The normalized spacial score (nSPS) is 15.3. The van der Waals surface area contributed by atoms with E-state index in [1.54, 1.807) is 35.4 Å². The predicted octanol–water partition coefficient (Wildman–Crippen LogP) is 4.25. The molecule has 1 aromatic carbocycles. The Kier molecular flexibility index (Phi) is 7.81. The summed E-state index contributed by atoms with van der Waals surface area (Å²) in [7, 11) is 0. The van der Waals surface area contributed by atoms with E-state index in [1.165, 1.54) is 6.07 Å². The highest BCUT2D eigenvalue weighted by Gasteiger charge is 2.42. The van der Waals surface area contributed by atoms with E-state index in [4.69, 9.17) is 10.00 Å². The van der Waals surface area contributed by atoms with Crippen molar-refractivity contribution in [2.24, 2.45) is 0 Å². The van der Waals surface area contributed by atoms with E-state index < -0.39 is 5.60 Å². The summed E-state index contributed by atoms with van der Waals surface area (Å²) in [6, 6.07) is 12.3. The Hall–Kier alpha value is -2.98. The highest BCUT2D eigenvalue weighted by atomic mass is 19.1. The molecular formula is C25H31FN4O2. The molecule has 2 aromatic rings. The minimum absolute atomic E-state index is 0.0218. The van der Waals surface area contributed by atoms with Crippen molar-refractivity contribution < 1.29 is 13.9 Å². The molecule has 1 saturated carbocycles. The van der Waals surface area contributed by atoms with Crippen molar-refractivity contribution in [1.82, 2.24) is 9.88 Å². The molecule has 1 aliphatic carbocycles. The number of anilines is 1. The number of likely N-dealkylation sites (N-methyl/N-ethyl adjacent to an activating group) is 2. The molecule has 1 amide bonds. The van der Waals surface area contributed by atoms with Crippen LogP contribution in [0.1, 0.15) is 51.2 Å². The molecule has 1 atom stereocenters. The second-order valence-corrected chi connectivity index (χ2v) is 8.20. The van der Waals surface area contributed by atoms with Gasteiger partial charge >= 0.3 is 0 Å². The van der Waals surface area contributed by atoms with Gasteiger partial charge in [0.2, 0.25) is 5.91 Å². The van der Waals surface area contributed by atoms with Gasteiger partial charge in [-0.05, 0) is 58.2 Å². The van der Waals surface area contributed by atoms with Gasteiger partial charge in [-0.3, -0.25) is 4.79 Å². The summed E-state index contributed by atoms with van der Waals surface area (Å²) >= 11 is 0. The second kappa shape index (κ2) is 10.6. The fourth-order valence-electron chi connectivity index (χ4n) is 4.26. The van der Waals surface area contributed by atoms with Crippen LogP contribution in [0, 0.1) is 17.1 Å². The van der Waals surface area contributed by atoms with Gasteiger partial charge in [-0.1, -0.05) is 18.2 Å². The van der Waals surface area contributed by atoms with Gasteiger partial charge < -0.3 is 14.5 Å². The third-order valence-electron chi connectivity index (χ3n) is 6.26. The van der Waals surface area contributed by atoms with E-state index in [1.807, 2.05) is 26.8 Å². The number of rotatable bonds is 10. The van der Waals surface area contributed by atoms with Crippen molar-refractivity contribution in [3.05, 3.63) is 59.5 Å². The number of amides is 1. The molecule has 1 aromatic heterocycles. The van der Waals surface area contributed by atoms with Crippen LogP contribution in [0.5, 0.6) is 0 Å². The van der Waals surface area contributed by atoms with Crippen molar-refractivity contribution >= 4 is 11.7 Å². The van der Waals surface area contributed by atoms with Gasteiger partial charge in [-0.15, -0.1) is 0 Å². The van der Waals surface area contributed by atoms with Gasteiger partial charge in [0.05, 0.1) is 11.2 Å². The molecule has 170 valence electrons. The molecule has 7 heteroatoms. The molecule has 0 aliphatic heterocycles. The first-order valence-electron chi connectivity index (χ1n) is 11.2. The summed E-state index contributed by atoms with van der Waals surface area (Å²) < 4.78 is 20.4. The molecule has 0 bridgehead atoms. The van der Waals surface area contributed by atoms with Crippen LogP contribution in [-0.4, -0.2) is 48.1 Å². The highest BCUT2D eigenvalue weighted by molar-refractivity contribution is 5.77. The zero-order valence-electron chi connectivity index (χ0n) is 19.1. The van der Waals surface area contributed by atoms with E-state index >= 15 is 0 Å². The minimum atomic E-state index is -0.701. The highest BCUT2D eigenvalue weighted by Crippen LogP contribution is 2.45. The molecule has 1 fully saturated rings. The summed E-state index contributed by atoms with van der Waals surface area (Å²) in [5.74, 6) is 0.381. The number of nitrogens with zero attached hydrogens (tertiary/aromatic N) is 4. The number of aromatic nitrogens is 1. The first-order chi connectivity index (χ1) is 15.4. The Labute approximate surface area is 189 Å². The van der Waals surface area contributed by atoms with Crippen LogP contribution < -0.4 is 4.90 Å². The van der Waals surface area contributed by atoms with Gasteiger partial charge in [0.1, 0.15) is 24.3 Å². The van der Waals surface area contributed by atoms with Crippen LogP contribution in [0.25, 0.3) is 0 Å². The monoisotopic (exact) mass is 438 g/mol. The standard InChI is InChI=1S/C25H31FN4O2/c1-4-29(17-19(3)30(5-2)23-12-11-20(15-27)16-28-23)24(31)18-32-25(13-8-14-25)21-9-6-7-10-22(21)26/h6-7,9-12,16,19H,4-5,8,13-14,17-18H2,1-3H3. The summed E-state index contributed by atoms with van der Waals surface area (Å²) in [5.41, 5.74) is 0.354. The SMILES string of the molecule is CCN(CC(C)N(CC)c1ccc(C#N)cn1)C(=O)COC1(c2ccccc2F)CCC1. The lowest BCUT2D eigenvalue weighted by Gasteiger charge is -2.42. The maximum atomic E-state index is 14.4. The lowest BCUT2D eigenvalue weighted by Crippen LogP contribution is -2.47. The Morgan fingerprint density at radius 3 is 2.53 bits per heavy atom. The maximum absolute atomic E-state index is 14.4. The third-order valence-corrected chi connectivity index (χ3v) is 6.26. The van der Waals surface area contributed by atoms with Crippen molar-refractivity contribution in [3.8, 4) is 6.07 Å². The molecule has 3 rings (SSSR count). The first-order valence-corrected chi connectivity index (χ1v) is 11.2. The van der Waals surface area contributed by atoms with Gasteiger partial charge in [0, 0.05) is 37.4 Å². The molecule has 1 heterocycles. The zero-order valence-corrected chi connectivity index (χ0v) is 19.1. The summed E-state index contributed by atoms with van der Waals surface area (Å²) in [4.78, 5) is 21.2. The average Bonchev–Trinajstić information content (AvgIpc) is 2.78. The smallest absolute Gasteiger partial charge is 0.248 e. The maximum Gasteiger partial charge on any atom is 0.248 e. The number of carbonyl (C=O) groups excluding carboxylic acids is 1. The lowest BCUT2D eigenvalue weighted by atomic mass is 9.74. The topological polar surface area (TPSA) is 69.5 Å². The van der Waals surface area contributed by atoms with Gasteiger partial charge in [0.25, 0.3) is 0 Å². The molecule has 6 nitrogen and oxygen atoms in total. The Morgan fingerprint density at radius 1 is 1.25 bits per heavy atom. The van der Waals surface area contributed by atoms with Crippen molar-refractivity contribution in [2.45, 2.75) is 51.7 Å². The number of hydrogen-bond donors (Lipinski definition) is 0. The van der Waals surface area contributed by atoms with Gasteiger partial charge in [0.15, 0.2) is 0 Å². The number of pyridine rings is 1. The van der Waals surface area contributed by atoms with Gasteiger partial charge in [-0.2, -0.15) is 5.26 Å². The van der Waals surface area contributed by atoms with E-state index in [2.05, 4.69) is 16.0 Å². The third kappa shape index (κ3) is 5.08. The molecule has 0 spiro atoms. The fraction of sp³-hybridized carbons (Fsp3) is 0.480. The van der Waals surface area contributed by atoms with E-state index in [9.17, 15) is 9.18 Å². The second-order valence-electron chi connectivity index (χ2n) is 8.20. The van der Waals surface area contributed by atoms with E-state index in [0.29, 0.717) is 24.2 Å². The Bertz CT molecular complexity index is 953. The van der Waals surface area contributed by atoms with E-state index in [0.717, 1.165) is 31.6 Å². The van der Waals surface area contributed by atoms with Gasteiger partial charge in [-0.25, -0.2) is 9.37 Å². The fourth-order valence-corrected chi connectivity index (χ4v) is 4.26. The largest absolute Gasteiger partial charge is 0.360 e. The molecular weight excluding hydrogens is 407 g/mol. The van der Waals surface area contributed by atoms with Crippen LogP contribution in [-0.2, 0) is 15.1 Å². The summed E-state index contributed by atoms with van der Waals surface area (Å²) in [6.07, 6.45) is 3.96. The van der Waals surface area contributed by atoms with E-state index in [-0.39, 0.29) is 24.4 Å². The summed E-state index contributed by atoms with van der Waals surface area (Å²) in [6.45, 7) is 7.74. The van der Waals surface area contributed by atoms with Crippen LogP contribution in [0.2, 0.25) is 0 Å². The van der Waals surface area contributed by atoms with Crippen LogP contribution in [0.15, 0.2) is 42.6 Å². The number of carbonyl (C=O) groups is 1. The quantitative estimate of drug-likeness (QED) is 0.555. The number of hydrogen-bond acceptors (Lipinski definition) is 5. The molecule has 0 N–H and O–H groups in total. The van der Waals surface area contributed by atoms with Crippen LogP contribution in [0.4, 0.5) is 10.2 Å². The number of benzene rings is 1. The first kappa shape index (κ1) is 23.7. The van der Waals surface area contributed by atoms with Crippen molar-refractivity contribution in [2.75, 3.05) is 31.1 Å². The average molecular weight is 439 g/mol. The molecule has 1 aliphatic rings. The Morgan fingerprint density at radius 2 is 2.00 bits per heavy atom. The number of halogens is 1.